The molecule has 43 heavy (non-hydrogen) atoms. The van der Waals surface area contributed by atoms with E-state index < -0.39 is 0 Å². The van der Waals surface area contributed by atoms with Crippen molar-refractivity contribution in [2.45, 2.75) is 73.6 Å². The first-order valence-corrected chi connectivity index (χ1v) is 15.5. The highest BCUT2D eigenvalue weighted by Gasteiger charge is 2.21. The van der Waals surface area contributed by atoms with Gasteiger partial charge in [-0.25, -0.2) is 0 Å². The van der Waals surface area contributed by atoms with E-state index in [-0.39, 0.29) is 5.76 Å². The number of hydrogen-bond acceptors (Lipinski definition) is 3. The molecule has 4 N–H and O–H groups in total. The lowest BCUT2D eigenvalue weighted by Gasteiger charge is -2.25. The van der Waals surface area contributed by atoms with E-state index in [9.17, 15) is 5.11 Å². The molecule has 0 saturated heterocycles. The summed E-state index contributed by atoms with van der Waals surface area (Å²) in [5.41, 5.74) is 16.5. The van der Waals surface area contributed by atoms with E-state index in [1.165, 1.54) is 29.5 Å². The number of benzene rings is 3. The Kier molecular flexibility index (Phi) is 13.8. The van der Waals surface area contributed by atoms with Gasteiger partial charge < -0.3 is 16.2 Å². The molecule has 0 aromatic heterocycles. The van der Waals surface area contributed by atoms with E-state index in [2.05, 4.69) is 120 Å². The predicted molar refractivity (Wildman–Crippen MR) is 191 cm³/mol. The molecule has 0 aliphatic heterocycles. The minimum atomic E-state index is 0.00936. The maximum absolute atomic E-state index is 10.3. The van der Waals surface area contributed by atoms with Gasteiger partial charge in [0, 0.05) is 28.2 Å². The number of allylic oxidation sites excluding steroid dienone is 3. The highest BCUT2D eigenvalue weighted by atomic mass is 16.3. The van der Waals surface area contributed by atoms with Crippen molar-refractivity contribution in [2.75, 3.05) is 5.32 Å². The largest absolute Gasteiger partial charge is 0.508 e. The van der Waals surface area contributed by atoms with Gasteiger partial charge >= 0.3 is 0 Å². The molecule has 228 valence electrons. The fourth-order valence-electron chi connectivity index (χ4n) is 5.21. The van der Waals surface area contributed by atoms with Crippen LogP contribution >= 0.6 is 0 Å². The lowest BCUT2D eigenvalue weighted by molar-refractivity contribution is 0.513. The smallest absolute Gasteiger partial charge is 0.116 e. The summed E-state index contributed by atoms with van der Waals surface area (Å²) >= 11 is 0. The predicted octanol–water partition coefficient (Wildman–Crippen LogP) is 11.4. The molecule has 3 aromatic carbocycles. The average molecular weight is 577 g/mol. The monoisotopic (exact) mass is 576 g/mol. The normalized spacial score (nSPS) is 14.4. The van der Waals surface area contributed by atoms with Gasteiger partial charge in [0.15, 0.2) is 0 Å². The number of aliphatic hydroxyl groups excluding tert-OH is 1. The summed E-state index contributed by atoms with van der Waals surface area (Å²) in [6, 6.07) is 22.8. The zero-order valence-corrected chi connectivity index (χ0v) is 27.4. The number of nitrogens with one attached hydrogen (secondary N) is 1. The first-order chi connectivity index (χ1) is 20.5. The quantitative estimate of drug-likeness (QED) is 0.222. The second-order valence-electron chi connectivity index (χ2n) is 11.2. The summed E-state index contributed by atoms with van der Waals surface area (Å²) in [6.07, 6.45) is 7.71. The standard InChI is InChI=1S/C27H30N2O.C11H16.C2H6/c1-16-8-12-27(18(3)13-16)29-20(5)23-10-7-17(2)14-26(23)24-11-9-22(19(4)28)15-25(24)21(6)30;1-3-7-10(2)11-8-5-4-6-9-11;1-2/h7-13,15,17,29-30H,4-6,14,28H2,1-3H3;4-6,8-10H,3,7H2,1-2H3;1-2H3. The van der Waals surface area contributed by atoms with Crippen LogP contribution in [0.2, 0.25) is 0 Å². The minimum absolute atomic E-state index is 0.00936. The summed E-state index contributed by atoms with van der Waals surface area (Å²) in [5, 5.41) is 13.8. The number of aliphatic hydroxyl groups is 1. The Labute approximate surface area is 261 Å². The van der Waals surface area contributed by atoms with Crippen molar-refractivity contribution in [3.8, 4) is 0 Å². The van der Waals surface area contributed by atoms with Gasteiger partial charge in [-0.05, 0) is 78.5 Å². The van der Waals surface area contributed by atoms with Gasteiger partial charge in [0.25, 0.3) is 0 Å². The fraction of sp³-hybridized carbons (Fsp3) is 0.300. The third-order valence-electron chi connectivity index (χ3n) is 7.55. The highest BCUT2D eigenvalue weighted by molar-refractivity contribution is 5.85. The molecule has 1 aliphatic rings. The van der Waals surface area contributed by atoms with Gasteiger partial charge in [-0.15, -0.1) is 0 Å². The maximum Gasteiger partial charge on any atom is 0.116 e. The SMILES string of the molecule is C=C(Nc1ccc(C)cc1C)C1=C(c2ccc(C(=C)N)cc2C(=C)O)CC(C)C=C1.CC.CCCC(C)c1ccccc1. The molecule has 4 rings (SSSR count). The van der Waals surface area contributed by atoms with Crippen molar-refractivity contribution in [2.24, 2.45) is 11.7 Å². The van der Waals surface area contributed by atoms with Crippen LogP contribution in [0.25, 0.3) is 17.0 Å². The summed E-state index contributed by atoms with van der Waals surface area (Å²) < 4.78 is 0. The molecule has 1 aliphatic carbocycles. The van der Waals surface area contributed by atoms with Crippen molar-refractivity contribution < 1.29 is 5.11 Å². The maximum atomic E-state index is 10.3. The van der Waals surface area contributed by atoms with Crippen LogP contribution in [0.15, 0.2) is 110 Å². The van der Waals surface area contributed by atoms with Crippen molar-refractivity contribution >= 4 is 22.7 Å². The Balaban J connectivity index is 0.000000415. The van der Waals surface area contributed by atoms with Crippen molar-refractivity contribution in [1.82, 2.24) is 0 Å². The molecule has 3 nitrogen and oxygen atoms in total. The van der Waals surface area contributed by atoms with Crippen LogP contribution in [0.1, 0.15) is 93.2 Å². The molecule has 3 aromatic rings. The van der Waals surface area contributed by atoms with E-state index in [0.717, 1.165) is 46.0 Å². The van der Waals surface area contributed by atoms with Crippen LogP contribution < -0.4 is 11.1 Å². The molecule has 0 fully saturated rings. The van der Waals surface area contributed by atoms with Crippen LogP contribution in [-0.4, -0.2) is 5.11 Å². The van der Waals surface area contributed by atoms with E-state index in [4.69, 9.17) is 5.73 Å². The number of rotatable bonds is 9. The average Bonchev–Trinajstić information content (AvgIpc) is 3.00. The molecule has 0 saturated carbocycles. The van der Waals surface area contributed by atoms with Gasteiger partial charge in [0.2, 0.25) is 0 Å². The third-order valence-corrected chi connectivity index (χ3v) is 7.55. The van der Waals surface area contributed by atoms with Crippen molar-refractivity contribution in [1.29, 1.82) is 0 Å². The molecular weight excluding hydrogens is 524 g/mol. The van der Waals surface area contributed by atoms with Crippen molar-refractivity contribution in [3.05, 3.63) is 143 Å². The zero-order chi connectivity index (χ0) is 32.1. The summed E-state index contributed by atoms with van der Waals surface area (Å²) in [6.45, 7) is 26.8. The lowest BCUT2D eigenvalue weighted by atomic mass is 9.83. The number of nitrogens with two attached hydrogens (primary N) is 1. The third kappa shape index (κ3) is 9.92. The number of aryl methyl sites for hydroxylation is 2. The van der Waals surface area contributed by atoms with E-state index in [1.807, 2.05) is 32.0 Å². The molecule has 2 unspecified atom stereocenters. The van der Waals surface area contributed by atoms with E-state index in [1.54, 1.807) is 0 Å². The summed E-state index contributed by atoms with van der Waals surface area (Å²) in [5.74, 6) is 1.11. The molecule has 3 heteroatoms. The minimum Gasteiger partial charge on any atom is -0.508 e. The summed E-state index contributed by atoms with van der Waals surface area (Å²) in [4.78, 5) is 0. The molecule has 2 atom stereocenters. The fourth-order valence-corrected chi connectivity index (χ4v) is 5.21. The van der Waals surface area contributed by atoms with Gasteiger partial charge in [-0.1, -0.05) is 133 Å². The van der Waals surface area contributed by atoms with Gasteiger partial charge in [-0.3, -0.25) is 0 Å². The van der Waals surface area contributed by atoms with E-state index in [0.29, 0.717) is 17.2 Å². The summed E-state index contributed by atoms with van der Waals surface area (Å²) in [7, 11) is 0. The number of hydrogen-bond donors (Lipinski definition) is 3. The van der Waals surface area contributed by atoms with E-state index >= 15 is 0 Å². The van der Waals surface area contributed by atoms with Gasteiger partial charge in [0.05, 0.1) is 0 Å². The Morgan fingerprint density at radius 3 is 2.26 bits per heavy atom. The molecule has 0 amide bonds. The number of anilines is 1. The molecule has 0 heterocycles. The Morgan fingerprint density at radius 1 is 1.00 bits per heavy atom. The molecule has 0 radical (unpaired) electrons. The van der Waals surface area contributed by atoms with Crippen LogP contribution in [0.5, 0.6) is 0 Å². The lowest BCUT2D eigenvalue weighted by Crippen LogP contribution is -2.10. The Hall–Kier alpha value is -4.24. The van der Waals surface area contributed by atoms with Crippen molar-refractivity contribution in [3.63, 3.8) is 0 Å². The highest BCUT2D eigenvalue weighted by Crippen LogP contribution is 2.38. The Morgan fingerprint density at radius 2 is 1.67 bits per heavy atom. The molecule has 0 bridgehead atoms. The van der Waals surface area contributed by atoms with Gasteiger partial charge in [-0.2, -0.15) is 0 Å². The van der Waals surface area contributed by atoms with Crippen LogP contribution in [0.4, 0.5) is 5.69 Å². The van der Waals surface area contributed by atoms with Crippen LogP contribution in [0, 0.1) is 19.8 Å². The van der Waals surface area contributed by atoms with Crippen LogP contribution in [-0.2, 0) is 0 Å². The molecular formula is C40H52N2O. The molecule has 0 spiro atoms. The topological polar surface area (TPSA) is 58.3 Å². The Bertz CT molecular complexity index is 1460. The second-order valence-corrected chi connectivity index (χ2v) is 11.2. The zero-order valence-electron chi connectivity index (χ0n) is 27.4. The van der Waals surface area contributed by atoms with Gasteiger partial charge in [0.1, 0.15) is 5.76 Å². The van der Waals surface area contributed by atoms with Crippen LogP contribution in [0.3, 0.4) is 0 Å². The first kappa shape index (κ1) is 35.0. The second kappa shape index (κ2) is 17.0. The first-order valence-electron chi connectivity index (χ1n) is 15.5.